The van der Waals surface area contributed by atoms with Crippen LogP contribution in [0, 0.1) is 6.92 Å². The predicted molar refractivity (Wildman–Crippen MR) is 100 cm³/mol. The summed E-state index contributed by atoms with van der Waals surface area (Å²) in [7, 11) is 0. The zero-order valence-corrected chi connectivity index (χ0v) is 16.1. The van der Waals surface area contributed by atoms with Gasteiger partial charge in [0.15, 0.2) is 0 Å². The molecule has 1 unspecified atom stereocenters. The Morgan fingerprint density at radius 3 is 2.54 bits per heavy atom. The monoisotopic (exact) mass is 380 g/mol. The fraction of sp³-hybridized carbons (Fsp3) is 0.500. The number of imide groups is 1. The van der Waals surface area contributed by atoms with Crippen LogP contribution in [0.1, 0.15) is 25.0 Å². The minimum Gasteiger partial charge on any atom is -0.336 e. The van der Waals surface area contributed by atoms with Crippen LogP contribution in [0.2, 0.25) is 0 Å². The lowest BCUT2D eigenvalue weighted by Gasteiger charge is -2.34. The average Bonchev–Trinajstić information content (AvgIpc) is 2.80. The van der Waals surface area contributed by atoms with Crippen molar-refractivity contribution in [2.24, 2.45) is 0 Å². The predicted octanol–water partition coefficient (Wildman–Crippen LogP) is 1.00. The molecule has 7 nitrogen and oxygen atoms in total. The molecule has 2 heterocycles. The number of amides is 4. The Morgan fingerprint density at radius 2 is 1.92 bits per heavy atom. The molecule has 0 radical (unpaired) electrons. The molecule has 2 atom stereocenters. The van der Waals surface area contributed by atoms with Crippen molar-refractivity contribution in [1.82, 2.24) is 20.4 Å². The minimum atomic E-state index is -1.14. The van der Waals surface area contributed by atoms with Gasteiger partial charge in [-0.25, -0.2) is 4.79 Å². The molecule has 0 spiro atoms. The summed E-state index contributed by atoms with van der Waals surface area (Å²) in [5, 5.41) is 5.96. The number of piperazine rings is 1. The number of benzene rings is 1. The van der Waals surface area contributed by atoms with Crippen LogP contribution in [0.4, 0.5) is 4.79 Å². The van der Waals surface area contributed by atoms with Crippen molar-refractivity contribution in [3.63, 3.8) is 0 Å². The number of hydrogen-bond acceptors (Lipinski definition) is 4. The van der Waals surface area contributed by atoms with E-state index in [1.807, 2.05) is 38.1 Å². The fourth-order valence-corrected chi connectivity index (χ4v) is 3.36. The summed E-state index contributed by atoms with van der Waals surface area (Å²) in [4.78, 5) is 40.6. The second kappa shape index (κ2) is 7.63. The largest absolute Gasteiger partial charge is 0.336 e. The van der Waals surface area contributed by atoms with Crippen LogP contribution in [-0.4, -0.2) is 59.9 Å². The summed E-state index contributed by atoms with van der Waals surface area (Å²) in [6.45, 7) is 7.38. The molecule has 2 aliphatic rings. The first kappa shape index (κ1) is 20.2. The number of hydrogen-bond donors (Lipinski definition) is 2. The zero-order chi connectivity index (χ0) is 18.2. The van der Waals surface area contributed by atoms with Gasteiger partial charge in [0.25, 0.3) is 5.91 Å². The second-order valence-electron chi connectivity index (χ2n) is 6.95. The molecule has 2 N–H and O–H groups in total. The number of halogens is 1. The Bertz CT molecular complexity index is 709. The van der Waals surface area contributed by atoms with Gasteiger partial charge >= 0.3 is 6.03 Å². The first-order valence-corrected chi connectivity index (χ1v) is 8.54. The Morgan fingerprint density at radius 1 is 1.27 bits per heavy atom. The smallest absolute Gasteiger partial charge is 0.325 e. The maximum Gasteiger partial charge on any atom is 0.325 e. The van der Waals surface area contributed by atoms with Crippen LogP contribution in [-0.2, 0) is 15.1 Å². The highest BCUT2D eigenvalue weighted by molar-refractivity contribution is 6.09. The molecule has 0 aliphatic carbocycles. The zero-order valence-electron chi connectivity index (χ0n) is 15.2. The topological polar surface area (TPSA) is 81.8 Å². The lowest BCUT2D eigenvalue weighted by atomic mass is 9.91. The van der Waals surface area contributed by atoms with E-state index in [1.165, 1.54) is 0 Å². The maximum absolute atomic E-state index is 12.9. The summed E-state index contributed by atoms with van der Waals surface area (Å²) in [5.74, 6) is -0.594. The maximum atomic E-state index is 12.9. The van der Waals surface area contributed by atoms with Crippen molar-refractivity contribution < 1.29 is 14.4 Å². The summed E-state index contributed by atoms with van der Waals surface area (Å²) >= 11 is 0. The molecule has 4 amide bonds. The summed E-state index contributed by atoms with van der Waals surface area (Å²) in [6, 6.07) is 6.98. The molecule has 3 rings (SSSR count). The van der Waals surface area contributed by atoms with Gasteiger partial charge < -0.3 is 15.5 Å². The van der Waals surface area contributed by atoms with E-state index in [0.29, 0.717) is 18.7 Å². The Labute approximate surface area is 159 Å². The van der Waals surface area contributed by atoms with Gasteiger partial charge in [-0.05, 0) is 26.3 Å². The number of rotatable bonds is 3. The molecule has 1 aromatic rings. The average molecular weight is 381 g/mol. The van der Waals surface area contributed by atoms with Crippen molar-refractivity contribution in [3.05, 3.63) is 35.4 Å². The lowest BCUT2D eigenvalue weighted by molar-refractivity contribution is -0.140. The molecule has 26 heavy (non-hydrogen) atoms. The van der Waals surface area contributed by atoms with Crippen molar-refractivity contribution in [2.45, 2.75) is 32.4 Å². The number of carbonyl (C=O) groups is 3. The standard InChI is InChI=1S/C18H24N4O3.ClH/c1-12-4-6-14(7-5-12)18(3)16(24)22(17(25)20-18)11-15(23)21-9-8-19-10-13(21)2;/h4-7,13,19H,8-11H2,1-3H3,(H,20,25);1H/t13-,18?;/m1./s1. The molecule has 0 bridgehead atoms. The van der Waals surface area contributed by atoms with Crippen LogP contribution in [0.3, 0.4) is 0 Å². The Balaban J connectivity index is 0.00000243. The van der Waals surface area contributed by atoms with Crippen molar-refractivity contribution in [1.29, 1.82) is 0 Å². The van der Waals surface area contributed by atoms with E-state index >= 15 is 0 Å². The first-order chi connectivity index (χ1) is 11.8. The molecule has 8 heteroatoms. The number of aryl methyl sites for hydroxylation is 1. The van der Waals surface area contributed by atoms with Gasteiger partial charge in [0.1, 0.15) is 12.1 Å². The highest BCUT2D eigenvalue weighted by Crippen LogP contribution is 2.29. The normalized spacial score (nSPS) is 25.7. The van der Waals surface area contributed by atoms with Crippen LogP contribution in [0.5, 0.6) is 0 Å². The third-order valence-corrected chi connectivity index (χ3v) is 5.02. The van der Waals surface area contributed by atoms with Crippen LogP contribution in [0.25, 0.3) is 0 Å². The SMILES string of the molecule is Cc1ccc(C2(C)NC(=O)N(CC(=O)N3CCNC[C@H]3C)C2=O)cc1.Cl. The van der Waals surface area contributed by atoms with Crippen LogP contribution >= 0.6 is 12.4 Å². The van der Waals surface area contributed by atoms with Gasteiger partial charge in [0.2, 0.25) is 5.91 Å². The highest BCUT2D eigenvalue weighted by atomic mass is 35.5. The van der Waals surface area contributed by atoms with E-state index in [9.17, 15) is 14.4 Å². The fourth-order valence-electron chi connectivity index (χ4n) is 3.36. The van der Waals surface area contributed by atoms with E-state index in [1.54, 1.807) is 11.8 Å². The number of nitrogens with one attached hydrogen (secondary N) is 2. The molecule has 0 aromatic heterocycles. The molecule has 2 fully saturated rings. The number of nitrogens with zero attached hydrogens (tertiary/aromatic N) is 2. The van der Waals surface area contributed by atoms with Gasteiger partial charge in [-0.3, -0.25) is 14.5 Å². The first-order valence-electron chi connectivity index (χ1n) is 8.54. The summed E-state index contributed by atoms with van der Waals surface area (Å²) < 4.78 is 0. The van der Waals surface area contributed by atoms with E-state index in [-0.39, 0.29) is 30.9 Å². The Hall–Kier alpha value is -2.12. The van der Waals surface area contributed by atoms with Gasteiger partial charge in [0, 0.05) is 25.7 Å². The molecule has 1 aromatic carbocycles. The summed E-state index contributed by atoms with van der Waals surface area (Å²) in [6.07, 6.45) is 0. The van der Waals surface area contributed by atoms with E-state index in [0.717, 1.165) is 17.0 Å². The molecular formula is C18H25ClN4O3. The molecule has 142 valence electrons. The molecule has 2 saturated heterocycles. The van der Waals surface area contributed by atoms with Crippen LogP contribution in [0.15, 0.2) is 24.3 Å². The van der Waals surface area contributed by atoms with E-state index in [4.69, 9.17) is 0 Å². The minimum absolute atomic E-state index is 0. The number of urea groups is 1. The van der Waals surface area contributed by atoms with Gasteiger partial charge in [-0.2, -0.15) is 0 Å². The van der Waals surface area contributed by atoms with Crippen molar-refractivity contribution in [3.8, 4) is 0 Å². The van der Waals surface area contributed by atoms with Crippen molar-refractivity contribution >= 4 is 30.3 Å². The quantitative estimate of drug-likeness (QED) is 0.767. The molecular weight excluding hydrogens is 356 g/mol. The van der Waals surface area contributed by atoms with Gasteiger partial charge in [0.05, 0.1) is 0 Å². The molecule has 2 aliphatic heterocycles. The third kappa shape index (κ3) is 3.54. The van der Waals surface area contributed by atoms with Gasteiger partial charge in [-0.1, -0.05) is 29.8 Å². The van der Waals surface area contributed by atoms with Gasteiger partial charge in [-0.15, -0.1) is 12.4 Å². The second-order valence-corrected chi connectivity index (χ2v) is 6.95. The molecule has 0 saturated carbocycles. The third-order valence-electron chi connectivity index (χ3n) is 5.02. The Kier molecular flexibility index (Phi) is 5.93. The van der Waals surface area contributed by atoms with E-state index in [2.05, 4.69) is 10.6 Å². The van der Waals surface area contributed by atoms with Crippen molar-refractivity contribution in [2.75, 3.05) is 26.2 Å². The highest BCUT2D eigenvalue weighted by Gasteiger charge is 2.49. The van der Waals surface area contributed by atoms with E-state index < -0.39 is 17.5 Å². The number of carbonyl (C=O) groups excluding carboxylic acids is 3. The lowest BCUT2D eigenvalue weighted by Crippen LogP contribution is -2.55. The van der Waals surface area contributed by atoms with Crippen LogP contribution < -0.4 is 10.6 Å². The summed E-state index contributed by atoms with van der Waals surface area (Å²) in [5.41, 5.74) is 0.644.